The lowest BCUT2D eigenvalue weighted by molar-refractivity contribution is 0.0695. The number of rotatable bonds is 8. The highest BCUT2D eigenvalue weighted by molar-refractivity contribution is 5.88. The molecule has 0 spiro atoms. The lowest BCUT2D eigenvalue weighted by Gasteiger charge is -2.16. The minimum atomic E-state index is -1.01. The van der Waals surface area contributed by atoms with Crippen molar-refractivity contribution in [2.75, 3.05) is 0 Å². The Bertz CT molecular complexity index is 875. The van der Waals surface area contributed by atoms with Gasteiger partial charge < -0.3 is 14.6 Å². The van der Waals surface area contributed by atoms with Crippen LogP contribution in [0.1, 0.15) is 28.4 Å². The fraction of sp³-hybridized carbons (Fsp3) is 0.174. The lowest BCUT2D eigenvalue weighted by atomic mass is 10.1. The number of carboxylic acids is 1. The van der Waals surface area contributed by atoms with Gasteiger partial charge in [-0.2, -0.15) is 0 Å². The van der Waals surface area contributed by atoms with E-state index < -0.39 is 5.97 Å². The van der Waals surface area contributed by atoms with Gasteiger partial charge in [-0.05, 0) is 30.2 Å². The number of hydrogen-bond donors (Lipinski definition) is 1. The number of hydrogen-bond acceptors (Lipinski definition) is 3. The Morgan fingerprint density at radius 2 is 1.48 bits per heavy atom. The van der Waals surface area contributed by atoms with Gasteiger partial charge in [0.2, 0.25) is 0 Å². The second-order valence-corrected chi connectivity index (χ2v) is 6.39. The third kappa shape index (κ3) is 5.61. The van der Waals surface area contributed by atoms with Gasteiger partial charge in [-0.1, -0.05) is 60.7 Å². The van der Waals surface area contributed by atoms with Crippen molar-refractivity contribution < 1.29 is 19.4 Å². The third-order valence-corrected chi connectivity index (χ3v) is 4.08. The lowest BCUT2D eigenvalue weighted by Crippen LogP contribution is -2.15. The van der Waals surface area contributed by atoms with Gasteiger partial charge >= 0.3 is 5.97 Å². The Labute approximate surface area is 159 Å². The van der Waals surface area contributed by atoms with Gasteiger partial charge in [-0.15, -0.1) is 0 Å². The molecule has 0 aliphatic heterocycles. The van der Waals surface area contributed by atoms with E-state index >= 15 is 0 Å². The molecule has 4 nitrogen and oxygen atoms in total. The number of benzene rings is 3. The fourth-order valence-corrected chi connectivity index (χ4v) is 2.81. The Balaban J connectivity index is 1.71. The maximum atomic E-state index is 11.4. The van der Waals surface area contributed by atoms with Crippen LogP contribution in [0.5, 0.6) is 11.5 Å². The number of ether oxygens (including phenoxy) is 2. The van der Waals surface area contributed by atoms with E-state index in [1.807, 2.05) is 67.6 Å². The summed E-state index contributed by atoms with van der Waals surface area (Å²) in [4.78, 5) is 11.4. The van der Waals surface area contributed by atoms with E-state index in [1.165, 1.54) is 17.7 Å². The summed E-state index contributed by atoms with van der Waals surface area (Å²) in [6, 6.07) is 24.5. The standard InChI is InChI=1S/C23H22O4/c1-17(12-18-8-4-2-5-9-18)27-22-14-20(23(24)25)13-21(15-22)26-16-19-10-6-3-7-11-19/h2-11,13-15,17H,12,16H2,1H3,(H,24,25)/t17-/m0/s1. The third-order valence-electron chi connectivity index (χ3n) is 4.08. The van der Waals surface area contributed by atoms with E-state index in [4.69, 9.17) is 9.47 Å². The van der Waals surface area contributed by atoms with Crippen LogP contribution < -0.4 is 9.47 Å². The van der Waals surface area contributed by atoms with Crippen LogP contribution in [-0.4, -0.2) is 17.2 Å². The van der Waals surface area contributed by atoms with Crippen LogP contribution in [0.2, 0.25) is 0 Å². The molecule has 0 radical (unpaired) electrons. The zero-order valence-electron chi connectivity index (χ0n) is 15.2. The van der Waals surface area contributed by atoms with Gasteiger partial charge in [0, 0.05) is 12.5 Å². The van der Waals surface area contributed by atoms with Crippen LogP contribution in [0.4, 0.5) is 0 Å². The quantitative estimate of drug-likeness (QED) is 0.614. The molecule has 3 aromatic rings. The minimum absolute atomic E-state index is 0.0987. The summed E-state index contributed by atoms with van der Waals surface area (Å²) in [6.45, 7) is 2.33. The van der Waals surface area contributed by atoms with Gasteiger partial charge in [0.1, 0.15) is 18.1 Å². The molecule has 4 heteroatoms. The summed E-state index contributed by atoms with van der Waals surface area (Å²) < 4.78 is 11.7. The van der Waals surface area contributed by atoms with Crippen molar-refractivity contribution in [1.82, 2.24) is 0 Å². The first-order valence-electron chi connectivity index (χ1n) is 8.86. The van der Waals surface area contributed by atoms with E-state index in [1.54, 1.807) is 6.07 Å². The highest BCUT2D eigenvalue weighted by Gasteiger charge is 2.12. The molecule has 0 aliphatic carbocycles. The summed E-state index contributed by atoms with van der Waals surface area (Å²) >= 11 is 0. The first-order valence-corrected chi connectivity index (χ1v) is 8.86. The Kier molecular flexibility index (Phi) is 6.10. The summed E-state index contributed by atoms with van der Waals surface area (Å²) in [6.07, 6.45) is 0.636. The van der Waals surface area contributed by atoms with Gasteiger partial charge in [0.05, 0.1) is 11.7 Å². The second-order valence-electron chi connectivity index (χ2n) is 6.39. The molecule has 0 heterocycles. The predicted octanol–water partition coefficient (Wildman–Crippen LogP) is 4.97. The fourth-order valence-electron chi connectivity index (χ4n) is 2.81. The molecule has 3 aromatic carbocycles. The summed E-state index contributed by atoms with van der Waals surface area (Å²) in [7, 11) is 0. The first kappa shape index (κ1) is 18.5. The topological polar surface area (TPSA) is 55.8 Å². The van der Waals surface area contributed by atoms with Crippen molar-refractivity contribution in [2.24, 2.45) is 0 Å². The van der Waals surface area contributed by atoms with Gasteiger partial charge in [0.25, 0.3) is 0 Å². The second kappa shape index (κ2) is 8.90. The van der Waals surface area contributed by atoms with Crippen molar-refractivity contribution >= 4 is 5.97 Å². The summed E-state index contributed by atoms with van der Waals surface area (Å²) in [5.74, 6) is -0.0530. The maximum absolute atomic E-state index is 11.4. The largest absolute Gasteiger partial charge is 0.490 e. The summed E-state index contributed by atoms with van der Waals surface area (Å²) in [5, 5.41) is 9.38. The molecule has 3 rings (SSSR count). The van der Waals surface area contributed by atoms with E-state index in [2.05, 4.69) is 0 Å². The van der Waals surface area contributed by atoms with E-state index in [-0.39, 0.29) is 11.7 Å². The zero-order chi connectivity index (χ0) is 19.1. The first-order chi connectivity index (χ1) is 13.1. The number of aromatic carboxylic acids is 1. The van der Waals surface area contributed by atoms with E-state index in [9.17, 15) is 9.90 Å². The molecule has 0 aliphatic rings. The monoisotopic (exact) mass is 362 g/mol. The van der Waals surface area contributed by atoms with Crippen molar-refractivity contribution in [3.05, 3.63) is 95.6 Å². The van der Waals surface area contributed by atoms with Gasteiger partial charge in [-0.25, -0.2) is 4.79 Å². The molecule has 1 atom stereocenters. The average molecular weight is 362 g/mol. The van der Waals surface area contributed by atoms with Crippen molar-refractivity contribution in [3.8, 4) is 11.5 Å². The molecule has 0 bridgehead atoms. The predicted molar refractivity (Wildman–Crippen MR) is 104 cm³/mol. The molecular formula is C23H22O4. The molecule has 1 N–H and O–H groups in total. The van der Waals surface area contributed by atoms with Crippen molar-refractivity contribution in [1.29, 1.82) is 0 Å². The highest BCUT2D eigenvalue weighted by atomic mass is 16.5. The Morgan fingerprint density at radius 1 is 0.889 bits per heavy atom. The van der Waals surface area contributed by atoms with Crippen LogP contribution in [0, 0.1) is 0 Å². The molecule has 0 saturated carbocycles. The molecule has 0 saturated heterocycles. The van der Waals surface area contributed by atoms with Gasteiger partial charge in [0.15, 0.2) is 0 Å². The molecule has 27 heavy (non-hydrogen) atoms. The molecule has 138 valence electrons. The van der Waals surface area contributed by atoms with Crippen LogP contribution in [-0.2, 0) is 13.0 Å². The SMILES string of the molecule is C[C@@H](Cc1ccccc1)Oc1cc(OCc2ccccc2)cc(C(=O)O)c1. The van der Waals surface area contributed by atoms with Gasteiger partial charge in [-0.3, -0.25) is 0 Å². The molecule has 0 amide bonds. The zero-order valence-corrected chi connectivity index (χ0v) is 15.2. The Hall–Kier alpha value is -3.27. The smallest absolute Gasteiger partial charge is 0.335 e. The number of carboxylic acid groups (broad SMARTS) is 1. The summed E-state index contributed by atoms with van der Waals surface area (Å²) in [5.41, 5.74) is 2.32. The van der Waals surface area contributed by atoms with E-state index in [0.29, 0.717) is 18.1 Å². The van der Waals surface area contributed by atoms with E-state index in [0.717, 1.165) is 12.0 Å². The molecule has 0 aromatic heterocycles. The molecule has 0 fully saturated rings. The normalized spacial score (nSPS) is 11.6. The molecular weight excluding hydrogens is 340 g/mol. The van der Waals surface area contributed by atoms with Crippen molar-refractivity contribution in [3.63, 3.8) is 0 Å². The molecule has 0 unspecified atom stereocenters. The van der Waals surface area contributed by atoms with Crippen LogP contribution in [0.3, 0.4) is 0 Å². The van der Waals surface area contributed by atoms with Crippen LogP contribution >= 0.6 is 0 Å². The average Bonchev–Trinajstić information content (AvgIpc) is 2.67. The van der Waals surface area contributed by atoms with Crippen molar-refractivity contribution in [2.45, 2.75) is 26.1 Å². The minimum Gasteiger partial charge on any atom is -0.490 e. The maximum Gasteiger partial charge on any atom is 0.335 e. The van der Waals surface area contributed by atoms with Crippen LogP contribution in [0.15, 0.2) is 78.9 Å². The number of carbonyl (C=O) groups is 1. The highest BCUT2D eigenvalue weighted by Crippen LogP contribution is 2.25. The Morgan fingerprint density at radius 3 is 2.11 bits per heavy atom. The van der Waals surface area contributed by atoms with Crippen LogP contribution in [0.25, 0.3) is 0 Å².